The molecule has 0 saturated carbocycles. The molecule has 0 radical (unpaired) electrons. The Labute approximate surface area is 213 Å². The maximum Gasteiger partial charge on any atom is 0.255 e. The summed E-state index contributed by atoms with van der Waals surface area (Å²) in [5, 5.41) is 15.5. The predicted octanol–water partition coefficient (Wildman–Crippen LogP) is 3.90. The van der Waals surface area contributed by atoms with Crippen molar-refractivity contribution in [3.8, 4) is 28.6 Å². The van der Waals surface area contributed by atoms with E-state index in [1.807, 2.05) is 13.0 Å². The molecule has 0 aliphatic carbocycles. The smallest absolute Gasteiger partial charge is 0.255 e. The number of rotatable bonds is 4. The number of carbonyl (C=O) groups excluding carboxylic acids is 1. The highest BCUT2D eigenvalue weighted by Crippen LogP contribution is 2.39. The highest BCUT2D eigenvalue weighted by molar-refractivity contribution is 6.05. The Morgan fingerprint density at radius 1 is 1.24 bits per heavy atom. The average molecular weight is 497 g/mol. The zero-order valence-electron chi connectivity index (χ0n) is 20.9. The zero-order chi connectivity index (χ0) is 26.3. The van der Waals surface area contributed by atoms with Gasteiger partial charge in [0.1, 0.15) is 17.5 Å². The van der Waals surface area contributed by atoms with E-state index < -0.39 is 17.1 Å². The highest BCUT2D eigenvalue weighted by atomic mass is 19.1. The number of pyridine rings is 2. The van der Waals surface area contributed by atoms with Gasteiger partial charge in [0.15, 0.2) is 0 Å². The van der Waals surface area contributed by atoms with Gasteiger partial charge in [0.25, 0.3) is 5.91 Å². The van der Waals surface area contributed by atoms with Crippen molar-refractivity contribution in [3.05, 3.63) is 71.0 Å². The van der Waals surface area contributed by atoms with Crippen LogP contribution in [0.1, 0.15) is 35.5 Å². The molecule has 5 rings (SSSR count). The van der Waals surface area contributed by atoms with Crippen molar-refractivity contribution in [2.24, 2.45) is 4.99 Å². The lowest BCUT2D eigenvalue weighted by Crippen LogP contribution is -2.19. The Hall–Kier alpha value is -4.65. The largest absolute Gasteiger partial charge is 0.369 e. The van der Waals surface area contributed by atoms with Crippen molar-refractivity contribution >= 4 is 17.4 Å². The normalized spacial score (nSPS) is 13.2. The molecule has 9 nitrogen and oxygen atoms in total. The molecule has 1 aromatic heterocycles. The molecule has 0 unspecified atom stereocenters. The Morgan fingerprint density at radius 2 is 2.05 bits per heavy atom. The van der Waals surface area contributed by atoms with Crippen molar-refractivity contribution in [3.63, 3.8) is 0 Å². The third-order valence-corrected chi connectivity index (χ3v) is 6.49. The number of carbonyl (C=O) groups is 1. The summed E-state index contributed by atoms with van der Waals surface area (Å²) < 4.78 is 17.1. The summed E-state index contributed by atoms with van der Waals surface area (Å²) in [6.45, 7) is 6.71. The number of amides is 1. The first kappa shape index (κ1) is 24.1. The van der Waals surface area contributed by atoms with E-state index in [1.54, 1.807) is 39.2 Å². The Morgan fingerprint density at radius 3 is 2.81 bits per heavy atom. The van der Waals surface area contributed by atoms with Gasteiger partial charge in [-0.25, -0.2) is 9.37 Å². The molecule has 4 heterocycles. The van der Waals surface area contributed by atoms with Crippen LogP contribution in [0.2, 0.25) is 0 Å². The van der Waals surface area contributed by atoms with Gasteiger partial charge in [-0.1, -0.05) is 0 Å². The molecule has 0 spiro atoms. The first-order valence-electron chi connectivity index (χ1n) is 11.8. The number of nitrogens with zero attached hydrogens (tertiary/aromatic N) is 6. The molecule has 1 aromatic carbocycles. The Bertz CT molecular complexity index is 1630. The lowest BCUT2D eigenvalue weighted by atomic mass is 9.90. The highest BCUT2D eigenvalue weighted by Gasteiger charge is 2.25. The van der Waals surface area contributed by atoms with E-state index in [9.17, 15) is 10.1 Å². The second kappa shape index (κ2) is 9.09. The van der Waals surface area contributed by atoms with Crippen molar-refractivity contribution in [1.82, 2.24) is 19.5 Å². The fourth-order valence-electron chi connectivity index (χ4n) is 4.40. The number of nitriles is 1. The molecule has 1 amide bonds. The van der Waals surface area contributed by atoms with Gasteiger partial charge in [0, 0.05) is 49.2 Å². The van der Waals surface area contributed by atoms with Gasteiger partial charge < -0.3 is 15.2 Å². The third kappa shape index (κ3) is 4.29. The SMILES string of the molecule is CN=c1ncc2cc(-c3cc(NC(=O)c4ccnc(C(C)(C)C#N)c4)c(F)cc3C)c3n(c-2n1)CCN3. The third-order valence-electron chi connectivity index (χ3n) is 6.49. The predicted molar refractivity (Wildman–Crippen MR) is 138 cm³/mol. The van der Waals surface area contributed by atoms with E-state index in [2.05, 4.69) is 41.2 Å². The van der Waals surface area contributed by atoms with E-state index in [0.29, 0.717) is 17.9 Å². The van der Waals surface area contributed by atoms with Gasteiger partial charge in [-0.15, -0.1) is 0 Å². The number of hydrogen-bond acceptors (Lipinski definition) is 7. The van der Waals surface area contributed by atoms with Crippen LogP contribution in [0.5, 0.6) is 0 Å². The van der Waals surface area contributed by atoms with Gasteiger partial charge in [0.05, 0.1) is 22.9 Å². The lowest BCUT2D eigenvalue weighted by molar-refractivity contribution is 0.102. The zero-order valence-corrected chi connectivity index (χ0v) is 20.9. The summed E-state index contributed by atoms with van der Waals surface area (Å²) in [6.07, 6.45) is 3.20. The summed E-state index contributed by atoms with van der Waals surface area (Å²) >= 11 is 0. The summed E-state index contributed by atoms with van der Waals surface area (Å²) in [4.78, 5) is 30.2. The van der Waals surface area contributed by atoms with E-state index in [0.717, 1.165) is 40.4 Å². The number of nitrogens with one attached hydrogen (secondary N) is 2. The number of hydrogen-bond donors (Lipinski definition) is 2. The van der Waals surface area contributed by atoms with Crippen LogP contribution < -0.4 is 16.3 Å². The first-order chi connectivity index (χ1) is 17.7. The van der Waals surface area contributed by atoms with Crippen molar-refractivity contribution < 1.29 is 9.18 Å². The van der Waals surface area contributed by atoms with Crippen molar-refractivity contribution in [2.45, 2.75) is 32.7 Å². The molecule has 0 fully saturated rings. The molecule has 3 aliphatic rings. The second-order valence-electron chi connectivity index (χ2n) is 9.43. The van der Waals surface area contributed by atoms with Crippen LogP contribution in [0.3, 0.4) is 0 Å². The molecular formula is C27H25FN8O. The maximum absolute atomic E-state index is 15.0. The molecule has 0 bridgehead atoms. The van der Waals surface area contributed by atoms with Crippen molar-refractivity contribution in [1.29, 1.82) is 5.26 Å². The van der Waals surface area contributed by atoms with Crippen LogP contribution in [0.15, 0.2) is 47.7 Å². The Balaban J connectivity index is 1.57. The molecule has 2 aromatic rings. The summed E-state index contributed by atoms with van der Waals surface area (Å²) in [6, 6.07) is 10.3. The van der Waals surface area contributed by atoms with E-state index in [1.165, 1.54) is 18.3 Å². The minimum Gasteiger partial charge on any atom is -0.369 e. The molecule has 186 valence electrons. The number of aromatic nitrogens is 4. The second-order valence-corrected chi connectivity index (χ2v) is 9.43. The Kier molecular flexibility index (Phi) is 5.91. The van der Waals surface area contributed by atoms with Crippen LogP contribution in [-0.2, 0) is 12.0 Å². The van der Waals surface area contributed by atoms with E-state index >= 15 is 4.39 Å². The topological polar surface area (TPSA) is 121 Å². The molecule has 10 heteroatoms. The number of halogens is 1. The van der Waals surface area contributed by atoms with Gasteiger partial charge >= 0.3 is 0 Å². The van der Waals surface area contributed by atoms with Crippen LogP contribution in [0.4, 0.5) is 15.9 Å². The van der Waals surface area contributed by atoms with Gasteiger partial charge in [-0.2, -0.15) is 10.2 Å². The minimum atomic E-state index is -0.866. The molecule has 3 aliphatic heterocycles. The number of anilines is 2. The van der Waals surface area contributed by atoms with Gasteiger partial charge in [-0.05, 0) is 62.2 Å². The minimum absolute atomic E-state index is 0.0525. The number of fused-ring (bicyclic) bond motifs is 3. The summed E-state index contributed by atoms with van der Waals surface area (Å²) in [5.41, 5.74) is 3.50. The van der Waals surface area contributed by atoms with Crippen LogP contribution in [0, 0.1) is 24.1 Å². The number of aryl methyl sites for hydroxylation is 1. The summed E-state index contributed by atoms with van der Waals surface area (Å²) in [7, 11) is 1.65. The molecule has 0 saturated heterocycles. The fraction of sp³-hybridized carbons (Fsp3) is 0.259. The monoisotopic (exact) mass is 496 g/mol. The van der Waals surface area contributed by atoms with Crippen LogP contribution >= 0.6 is 0 Å². The maximum atomic E-state index is 15.0. The molecule has 0 atom stereocenters. The molecule has 2 N–H and O–H groups in total. The standard InChI is InChI=1S/C27H25FN8O/c1-15-9-20(28)21(34-25(37)16-5-6-31-22(11-16)27(2,3)14-29)12-18(15)19-10-17-13-33-26(30-4)35-23(17)36-8-7-32-24(19)36/h5-6,9-13,32H,7-8H2,1-4H3,(H,34,37). The van der Waals surface area contributed by atoms with Crippen LogP contribution in [0.25, 0.3) is 22.5 Å². The van der Waals surface area contributed by atoms with Crippen LogP contribution in [-0.4, -0.2) is 39.0 Å². The average Bonchev–Trinajstić information content (AvgIpc) is 3.40. The fourth-order valence-corrected chi connectivity index (χ4v) is 4.40. The number of benzene rings is 1. The van der Waals surface area contributed by atoms with Gasteiger partial charge in [-0.3, -0.25) is 14.8 Å². The first-order valence-corrected chi connectivity index (χ1v) is 11.8. The quantitative estimate of drug-likeness (QED) is 0.442. The van der Waals surface area contributed by atoms with Gasteiger partial charge in [0.2, 0.25) is 5.62 Å². The summed E-state index contributed by atoms with van der Waals surface area (Å²) in [5.74, 6) is 0.586. The van der Waals surface area contributed by atoms with Crippen molar-refractivity contribution in [2.75, 3.05) is 24.2 Å². The molecular weight excluding hydrogens is 471 g/mol. The lowest BCUT2D eigenvalue weighted by Gasteiger charge is -2.19. The molecule has 37 heavy (non-hydrogen) atoms. The van der Waals surface area contributed by atoms with E-state index in [-0.39, 0.29) is 11.3 Å². The van der Waals surface area contributed by atoms with E-state index in [4.69, 9.17) is 0 Å².